The lowest BCUT2D eigenvalue weighted by Gasteiger charge is -2.19. The summed E-state index contributed by atoms with van der Waals surface area (Å²) >= 11 is 0. The van der Waals surface area contributed by atoms with Crippen molar-refractivity contribution in [1.82, 2.24) is 9.88 Å². The van der Waals surface area contributed by atoms with Crippen LogP contribution in [0, 0.1) is 5.82 Å². The van der Waals surface area contributed by atoms with E-state index >= 15 is 0 Å². The molecule has 1 aliphatic carbocycles. The number of carbonyl (C=O) groups is 1. The molecule has 0 bridgehead atoms. The Bertz CT molecular complexity index is 482. The zero-order valence-corrected chi connectivity index (χ0v) is 9.46. The summed E-state index contributed by atoms with van der Waals surface area (Å²) in [6, 6.07) is -0.0538. The van der Waals surface area contributed by atoms with Gasteiger partial charge in [-0.05, 0) is 12.8 Å². The van der Waals surface area contributed by atoms with Crippen molar-refractivity contribution < 1.29 is 22.4 Å². The van der Waals surface area contributed by atoms with Crippen LogP contribution in [0.15, 0.2) is 12.4 Å². The maximum Gasteiger partial charge on any atom is 0.420 e. The molecule has 2 rings (SSSR count). The highest BCUT2D eigenvalue weighted by Gasteiger charge is 2.41. The Morgan fingerprint density at radius 3 is 2.50 bits per heavy atom. The monoisotopic (exact) mass is 262 g/mol. The zero-order valence-electron chi connectivity index (χ0n) is 9.46. The Kier molecular flexibility index (Phi) is 3.00. The highest BCUT2D eigenvalue weighted by molar-refractivity contribution is 5.95. The summed E-state index contributed by atoms with van der Waals surface area (Å²) in [4.78, 5) is 16.4. The standard InChI is InChI=1S/C11H10F4N2O/c1-17(6-2-3-6)10(18)7-4-16-5-8(12)9(7)11(13,14)15/h4-6H,2-3H2,1H3. The van der Waals surface area contributed by atoms with Gasteiger partial charge < -0.3 is 4.90 Å². The van der Waals surface area contributed by atoms with Crippen LogP contribution in [0.5, 0.6) is 0 Å². The third-order valence-corrected chi connectivity index (χ3v) is 2.83. The van der Waals surface area contributed by atoms with Crippen LogP contribution in [-0.2, 0) is 6.18 Å². The number of pyridine rings is 1. The van der Waals surface area contributed by atoms with Crippen LogP contribution in [0.4, 0.5) is 17.6 Å². The summed E-state index contributed by atoms with van der Waals surface area (Å²) < 4.78 is 51.4. The molecule has 98 valence electrons. The summed E-state index contributed by atoms with van der Waals surface area (Å²) in [7, 11) is 1.41. The van der Waals surface area contributed by atoms with Crippen LogP contribution in [-0.4, -0.2) is 28.9 Å². The van der Waals surface area contributed by atoms with Gasteiger partial charge in [0.1, 0.15) is 5.56 Å². The van der Waals surface area contributed by atoms with Crippen LogP contribution in [0.3, 0.4) is 0 Å². The van der Waals surface area contributed by atoms with Gasteiger partial charge in [-0.15, -0.1) is 0 Å². The molecule has 18 heavy (non-hydrogen) atoms. The number of carbonyl (C=O) groups excluding carboxylic acids is 1. The first-order valence-corrected chi connectivity index (χ1v) is 5.30. The molecule has 0 atom stereocenters. The molecule has 1 aliphatic rings. The molecule has 0 unspecified atom stereocenters. The van der Waals surface area contributed by atoms with Gasteiger partial charge in [-0.25, -0.2) is 4.39 Å². The second-order valence-electron chi connectivity index (χ2n) is 4.19. The van der Waals surface area contributed by atoms with E-state index in [-0.39, 0.29) is 6.04 Å². The van der Waals surface area contributed by atoms with Crippen molar-refractivity contribution in [1.29, 1.82) is 0 Å². The van der Waals surface area contributed by atoms with Crippen molar-refractivity contribution in [3.63, 3.8) is 0 Å². The molecule has 1 heterocycles. The molecule has 0 N–H and O–H groups in total. The lowest BCUT2D eigenvalue weighted by molar-refractivity contribution is -0.140. The second kappa shape index (κ2) is 4.22. The number of hydrogen-bond donors (Lipinski definition) is 0. The number of rotatable bonds is 2. The Balaban J connectivity index is 2.43. The molecule has 1 fully saturated rings. The predicted octanol–water partition coefficient (Wildman–Crippen LogP) is 2.47. The van der Waals surface area contributed by atoms with Crippen molar-refractivity contribution in [2.24, 2.45) is 0 Å². The van der Waals surface area contributed by atoms with Gasteiger partial charge in [0.25, 0.3) is 5.91 Å². The van der Waals surface area contributed by atoms with Gasteiger partial charge in [-0.1, -0.05) is 0 Å². The van der Waals surface area contributed by atoms with Crippen molar-refractivity contribution in [3.05, 3.63) is 29.3 Å². The van der Waals surface area contributed by atoms with E-state index in [4.69, 9.17) is 0 Å². The fourth-order valence-electron chi connectivity index (χ4n) is 1.70. The van der Waals surface area contributed by atoms with E-state index in [1.54, 1.807) is 0 Å². The normalized spacial score (nSPS) is 15.6. The minimum Gasteiger partial charge on any atom is -0.339 e. The van der Waals surface area contributed by atoms with Crippen LogP contribution >= 0.6 is 0 Å². The number of aromatic nitrogens is 1. The van der Waals surface area contributed by atoms with Crippen LogP contribution < -0.4 is 0 Å². The largest absolute Gasteiger partial charge is 0.420 e. The van der Waals surface area contributed by atoms with Crippen molar-refractivity contribution in [2.45, 2.75) is 25.1 Å². The Labute approximate surface area is 100 Å². The zero-order chi connectivity index (χ0) is 13.5. The molecular weight excluding hydrogens is 252 g/mol. The third-order valence-electron chi connectivity index (χ3n) is 2.83. The smallest absolute Gasteiger partial charge is 0.339 e. The quantitative estimate of drug-likeness (QED) is 0.767. The summed E-state index contributed by atoms with van der Waals surface area (Å²) in [5.41, 5.74) is -2.29. The molecule has 0 radical (unpaired) electrons. The maximum atomic E-state index is 13.2. The summed E-state index contributed by atoms with van der Waals surface area (Å²) in [5, 5.41) is 0. The summed E-state index contributed by atoms with van der Waals surface area (Å²) in [6.45, 7) is 0. The van der Waals surface area contributed by atoms with E-state index in [0.29, 0.717) is 6.20 Å². The lowest BCUT2D eigenvalue weighted by Crippen LogP contribution is -2.31. The Morgan fingerprint density at radius 1 is 1.39 bits per heavy atom. The maximum absolute atomic E-state index is 13.2. The van der Waals surface area contributed by atoms with Crippen LogP contribution in [0.25, 0.3) is 0 Å². The molecule has 3 nitrogen and oxygen atoms in total. The van der Waals surface area contributed by atoms with Crippen LogP contribution in [0.2, 0.25) is 0 Å². The van der Waals surface area contributed by atoms with E-state index in [1.165, 1.54) is 11.9 Å². The minimum atomic E-state index is -4.91. The van der Waals surface area contributed by atoms with E-state index in [2.05, 4.69) is 4.98 Å². The fraction of sp³-hybridized carbons (Fsp3) is 0.455. The summed E-state index contributed by atoms with van der Waals surface area (Å²) in [5.74, 6) is -2.38. The average molecular weight is 262 g/mol. The molecule has 1 saturated carbocycles. The van der Waals surface area contributed by atoms with E-state index in [0.717, 1.165) is 19.0 Å². The molecule has 0 aliphatic heterocycles. The van der Waals surface area contributed by atoms with E-state index in [1.807, 2.05) is 0 Å². The topological polar surface area (TPSA) is 33.2 Å². The van der Waals surface area contributed by atoms with Crippen LogP contribution in [0.1, 0.15) is 28.8 Å². The third kappa shape index (κ3) is 2.30. The van der Waals surface area contributed by atoms with Crippen molar-refractivity contribution in [2.75, 3.05) is 7.05 Å². The van der Waals surface area contributed by atoms with Gasteiger partial charge in [0.2, 0.25) is 0 Å². The fourth-order valence-corrected chi connectivity index (χ4v) is 1.70. The highest BCUT2D eigenvalue weighted by Crippen LogP contribution is 2.35. The SMILES string of the molecule is CN(C(=O)c1cncc(F)c1C(F)(F)F)C1CC1. The minimum absolute atomic E-state index is 0.0538. The predicted molar refractivity (Wildman–Crippen MR) is 54.3 cm³/mol. The van der Waals surface area contributed by atoms with Gasteiger partial charge in [-0.2, -0.15) is 13.2 Å². The first-order valence-electron chi connectivity index (χ1n) is 5.30. The van der Waals surface area contributed by atoms with E-state index in [9.17, 15) is 22.4 Å². The number of halogens is 4. The number of nitrogens with zero attached hydrogens (tertiary/aromatic N) is 2. The summed E-state index contributed by atoms with van der Waals surface area (Å²) in [6.07, 6.45) is -2.19. The van der Waals surface area contributed by atoms with Crippen molar-refractivity contribution >= 4 is 5.91 Å². The molecule has 0 saturated heterocycles. The average Bonchev–Trinajstić information content (AvgIpc) is 3.08. The Hall–Kier alpha value is -1.66. The Morgan fingerprint density at radius 2 is 2.00 bits per heavy atom. The van der Waals surface area contributed by atoms with Gasteiger partial charge in [0.05, 0.1) is 11.8 Å². The van der Waals surface area contributed by atoms with E-state index < -0.39 is 29.0 Å². The molecule has 0 aromatic carbocycles. The van der Waals surface area contributed by atoms with Gasteiger partial charge >= 0.3 is 6.18 Å². The van der Waals surface area contributed by atoms with Gasteiger partial charge in [0.15, 0.2) is 5.82 Å². The number of hydrogen-bond acceptors (Lipinski definition) is 2. The first kappa shape index (κ1) is 12.8. The molecular formula is C11H10F4N2O. The second-order valence-corrected chi connectivity index (χ2v) is 4.19. The molecule has 7 heteroatoms. The first-order chi connectivity index (χ1) is 8.32. The number of amides is 1. The highest BCUT2D eigenvalue weighted by atomic mass is 19.4. The molecule has 1 aromatic rings. The lowest BCUT2D eigenvalue weighted by atomic mass is 10.1. The van der Waals surface area contributed by atoms with Crippen molar-refractivity contribution in [3.8, 4) is 0 Å². The molecule has 0 spiro atoms. The van der Waals surface area contributed by atoms with Gasteiger partial charge in [-0.3, -0.25) is 9.78 Å². The van der Waals surface area contributed by atoms with Gasteiger partial charge in [0, 0.05) is 19.3 Å². The molecule has 1 aromatic heterocycles. The molecule has 1 amide bonds. The number of alkyl halides is 3.